The van der Waals surface area contributed by atoms with Gasteiger partial charge in [0.25, 0.3) is 0 Å². The smallest absolute Gasteiger partial charge is 0.407 e. The third-order valence-corrected chi connectivity index (χ3v) is 7.30. The Hall–Kier alpha value is -0.500. The molecular formula is C13H28NO3P. The highest BCUT2D eigenvalue weighted by molar-refractivity contribution is 7.65. The van der Waals surface area contributed by atoms with Crippen molar-refractivity contribution in [3.05, 3.63) is 0 Å². The van der Waals surface area contributed by atoms with E-state index in [4.69, 9.17) is 4.74 Å². The standard InChI is InChI=1S/C13H28NO3P/c1-10(2)18(16,11(3)4)9-8-14-12(15)17-13(5,6)7/h10-11H,8-9H2,1-7H3,(H,14,15). The fourth-order valence-electron chi connectivity index (χ4n) is 1.76. The zero-order valence-corrected chi connectivity index (χ0v) is 13.6. The number of hydrogen-bond acceptors (Lipinski definition) is 3. The molecule has 0 aliphatic heterocycles. The fraction of sp³-hybridized carbons (Fsp3) is 0.923. The maximum atomic E-state index is 12.7. The van der Waals surface area contributed by atoms with Crippen LogP contribution in [0.4, 0.5) is 4.79 Å². The molecule has 1 amide bonds. The van der Waals surface area contributed by atoms with Gasteiger partial charge in [-0.1, -0.05) is 27.7 Å². The summed E-state index contributed by atoms with van der Waals surface area (Å²) in [6, 6.07) is 0. The van der Waals surface area contributed by atoms with Crippen LogP contribution in [0.5, 0.6) is 0 Å². The minimum absolute atomic E-state index is 0.151. The molecule has 0 aromatic carbocycles. The average molecular weight is 277 g/mol. The lowest BCUT2D eigenvalue weighted by atomic mass is 10.2. The van der Waals surface area contributed by atoms with Crippen molar-refractivity contribution in [1.29, 1.82) is 0 Å². The van der Waals surface area contributed by atoms with E-state index in [0.29, 0.717) is 12.7 Å². The summed E-state index contributed by atoms with van der Waals surface area (Å²) in [5.41, 5.74) is -0.194. The van der Waals surface area contributed by atoms with Crippen molar-refractivity contribution < 1.29 is 14.1 Å². The molecule has 0 radical (unpaired) electrons. The van der Waals surface area contributed by atoms with E-state index in [0.717, 1.165) is 0 Å². The lowest BCUT2D eigenvalue weighted by molar-refractivity contribution is 0.0531. The molecule has 0 aliphatic rings. The van der Waals surface area contributed by atoms with E-state index in [-0.39, 0.29) is 11.3 Å². The number of ether oxygens (including phenoxy) is 1. The van der Waals surface area contributed by atoms with Crippen LogP contribution in [0.15, 0.2) is 0 Å². The molecule has 0 aliphatic carbocycles. The average Bonchev–Trinajstić information content (AvgIpc) is 2.13. The Kier molecular flexibility index (Phi) is 6.42. The monoisotopic (exact) mass is 277 g/mol. The van der Waals surface area contributed by atoms with Gasteiger partial charge in [0.1, 0.15) is 5.60 Å². The second-order valence-corrected chi connectivity index (χ2v) is 10.4. The third-order valence-electron chi connectivity index (χ3n) is 2.88. The minimum atomic E-state index is -2.24. The molecule has 0 atom stereocenters. The molecule has 0 aromatic rings. The topological polar surface area (TPSA) is 55.4 Å². The summed E-state index contributed by atoms with van der Waals surface area (Å²) in [6.45, 7) is 13.8. The van der Waals surface area contributed by atoms with E-state index >= 15 is 0 Å². The molecule has 0 saturated heterocycles. The van der Waals surface area contributed by atoms with Crippen molar-refractivity contribution in [3.63, 3.8) is 0 Å². The van der Waals surface area contributed by atoms with E-state index in [2.05, 4.69) is 5.32 Å². The second-order valence-electron chi connectivity index (χ2n) is 6.19. The Balaban J connectivity index is 4.26. The molecule has 0 saturated carbocycles. The second kappa shape index (κ2) is 6.60. The van der Waals surface area contributed by atoms with Crippen molar-refractivity contribution in [2.45, 2.75) is 65.4 Å². The summed E-state index contributed by atoms with van der Waals surface area (Å²) in [5, 5.41) is 2.67. The summed E-state index contributed by atoms with van der Waals surface area (Å²) in [4.78, 5) is 11.5. The van der Waals surface area contributed by atoms with Crippen LogP contribution in [0.3, 0.4) is 0 Å². The predicted octanol–water partition coefficient (Wildman–Crippen LogP) is 3.69. The van der Waals surface area contributed by atoms with Crippen molar-refractivity contribution >= 4 is 13.2 Å². The maximum absolute atomic E-state index is 12.7. The molecular weight excluding hydrogens is 249 g/mol. The molecule has 0 bridgehead atoms. The summed E-state index contributed by atoms with van der Waals surface area (Å²) < 4.78 is 17.8. The number of nitrogens with one attached hydrogen (secondary N) is 1. The highest BCUT2D eigenvalue weighted by Gasteiger charge is 2.30. The lowest BCUT2D eigenvalue weighted by Gasteiger charge is -2.26. The molecule has 0 unspecified atom stereocenters. The molecule has 108 valence electrons. The van der Waals surface area contributed by atoms with Crippen LogP contribution in [0, 0.1) is 0 Å². The first-order valence-electron chi connectivity index (χ1n) is 6.54. The lowest BCUT2D eigenvalue weighted by Crippen LogP contribution is -2.34. The maximum Gasteiger partial charge on any atom is 0.407 e. The van der Waals surface area contributed by atoms with Crippen LogP contribution < -0.4 is 5.32 Å². The molecule has 0 fully saturated rings. The quantitative estimate of drug-likeness (QED) is 0.780. The Bertz CT molecular complexity index is 307. The van der Waals surface area contributed by atoms with Crippen LogP contribution in [0.25, 0.3) is 0 Å². The number of hydrogen-bond donors (Lipinski definition) is 1. The largest absolute Gasteiger partial charge is 0.444 e. The Morgan fingerprint density at radius 1 is 1.17 bits per heavy atom. The van der Waals surface area contributed by atoms with Gasteiger partial charge in [-0.2, -0.15) is 0 Å². The first kappa shape index (κ1) is 17.5. The van der Waals surface area contributed by atoms with Crippen LogP contribution in [-0.2, 0) is 9.30 Å². The van der Waals surface area contributed by atoms with Gasteiger partial charge in [0.15, 0.2) is 0 Å². The molecule has 18 heavy (non-hydrogen) atoms. The van der Waals surface area contributed by atoms with E-state index in [1.807, 2.05) is 48.5 Å². The highest BCUT2D eigenvalue weighted by atomic mass is 31.2. The number of carbonyl (C=O) groups excluding carboxylic acids is 1. The van der Waals surface area contributed by atoms with Crippen LogP contribution >= 0.6 is 7.14 Å². The molecule has 0 aromatic heterocycles. The zero-order chi connectivity index (χ0) is 14.6. The van der Waals surface area contributed by atoms with Gasteiger partial charge in [0, 0.05) is 24.0 Å². The molecule has 0 spiro atoms. The zero-order valence-electron chi connectivity index (χ0n) is 12.7. The summed E-state index contributed by atoms with van der Waals surface area (Å²) in [7, 11) is -2.24. The number of carbonyl (C=O) groups is 1. The first-order chi connectivity index (χ1) is 7.99. The van der Waals surface area contributed by atoms with E-state index in [1.54, 1.807) is 0 Å². The minimum Gasteiger partial charge on any atom is -0.444 e. The van der Waals surface area contributed by atoms with Gasteiger partial charge in [0.05, 0.1) is 7.14 Å². The van der Waals surface area contributed by atoms with E-state index in [9.17, 15) is 9.36 Å². The van der Waals surface area contributed by atoms with E-state index in [1.165, 1.54) is 0 Å². The van der Waals surface area contributed by atoms with Crippen LogP contribution in [0.2, 0.25) is 0 Å². The third kappa shape index (κ3) is 5.90. The molecule has 0 heterocycles. The Morgan fingerprint density at radius 3 is 1.94 bits per heavy atom. The fourth-order valence-corrected chi connectivity index (χ4v) is 4.45. The van der Waals surface area contributed by atoms with Gasteiger partial charge in [-0.05, 0) is 20.8 Å². The van der Waals surface area contributed by atoms with Crippen molar-refractivity contribution in [2.24, 2.45) is 0 Å². The van der Waals surface area contributed by atoms with Crippen molar-refractivity contribution in [3.8, 4) is 0 Å². The van der Waals surface area contributed by atoms with Gasteiger partial charge in [-0.15, -0.1) is 0 Å². The molecule has 5 heteroatoms. The summed E-state index contributed by atoms with van der Waals surface area (Å²) >= 11 is 0. The first-order valence-corrected chi connectivity index (χ1v) is 8.57. The van der Waals surface area contributed by atoms with Gasteiger partial charge in [-0.25, -0.2) is 4.79 Å². The normalized spacial score (nSPS) is 12.9. The molecule has 0 rings (SSSR count). The number of alkyl carbamates (subject to hydrolysis) is 1. The number of amides is 1. The van der Waals surface area contributed by atoms with E-state index < -0.39 is 18.8 Å². The predicted molar refractivity (Wildman–Crippen MR) is 77.0 cm³/mol. The summed E-state index contributed by atoms with van der Waals surface area (Å²) in [6.07, 6.45) is 0.0863. The number of rotatable bonds is 5. The van der Waals surface area contributed by atoms with Gasteiger partial charge < -0.3 is 14.6 Å². The Labute approximate surface area is 111 Å². The van der Waals surface area contributed by atoms with Crippen molar-refractivity contribution in [2.75, 3.05) is 12.7 Å². The van der Waals surface area contributed by atoms with Gasteiger partial charge >= 0.3 is 6.09 Å². The van der Waals surface area contributed by atoms with Crippen LogP contribution in [-0.4, -0.2) is 35.7 Å². The highest BCUT2D eigenvalue weighted by Crippen LogP contribution is 2.54. The SMILES string of the molecule is CC(C)P(=O)(CCNC(=O)OC(C)(C)C)C(C)C. The van der Waals surface area contributed by atoms with Gasteiger partial charge in [0.2, 0.25) is 0 Å². The summed E-state index contributed by atoms with van der Waals surface area (Å²) in [5.74, 6) is 0. The molecule has 1 N–H and O–H groups in total. The molecule has 4 nitrogen and oxygen atoms in total. The van der Waals surface area contributed by atoms with Gasteiger partial charge in [-0.3, -0.25) is 0 Å². The Morgan fingerprint density at radius 2 is 1.61 bits per heavy atom. The van der Waals surface area contributed by atoms with Crippen LogP contribution in [0.1, 0.15) is 48.5 Å². The van der Waals surface area contributed by atoms with Crippen molar-refractivity contribution in [1.82, 2.24) is 5.32 Å².